The second-order valence-corrected chi connectivity index (χ2v) is 8.39. The lowest BCUT2D eigenvalue weighted by molar-refractivity contribution is -0.125. The highest BCUT2D eigenvalue weighted by Crippen LogP contribution is 2.23. The van der Waals surface area contributed by atoms with E-state index in [0.29, 0.717) is 6.54 Å². The van der Waals surface area contributed by atoms with Gasteiger partial charge in [0, 0.05) is 19.2 Å². The summed E-state index contributed by atoms with van der Waals surface area (Å²) in [5, 5.41) is 7.78. The molecule has 6 nitrogen and oxygen atoms in total. The summed E-state index contributed by atoms with van der Waals surface area (Å²) >= 11 is 0. The molecule has 6 heteroatoms. The molecular weight excluding hydrogens is 400 g/mol. The normalized spacial score (nSPS) is 17.1. The Labute approximate surface area is 188 Å². The zero-order valence-corrected chi connectivity index (χ0v) is 18.7. The Bertz CT molecular complexity index is 1110. The minimum Gasteiger partial charge on any atom is -0.354 e. The van der Waals surface area contributed by atoms with Gasteiger partial charge in [0.15, 0.2) is 0 Å². The van der Waals surface area contributed by atoms with Gasteiger partial charge in [-0.05, 0) is 55.5 Å². The molecule has 1 aliphatic heterocycles. The minimum atomic E-state index is -0.166. The molecule has 1 N–H and O–H groups in total. The van der Waals surface area contributed by atoms with Crippen LogP contribution in [0.2, 0.25) is 0 Å². The fourth-order valence-electron chi connectivity index (χ4n) is 4.18. The van der Waals surface area contributed by atoms with Crippen LogP contribution in [0.1, 0.15) is 43.9 Å². The van der Waals surface area contributed by atoms with Gasteiger partial charge in [-0.15, -0.1) is 5.10 Å². The van der Waals surface area contributed by atoms with Gasteiger partial charge in [0.1, 0.15) is 5.82 Å². The Morgan fingerprint density at radius 1 is 1.09 bits per heavy atom. The number of nitrogens with zero attached hydrogens (tertiary/aromatic N) is 3. The highest BCUT2D eigenvalue weighted by atomic mass is 16.2. The molecule has 2 atom stereocenters. The molecule has 2 heterocycles. The van der Waals surface area contributed by atoms with E-state index in [0.717, 1.165) is 42.9 Å². The Kier molecular flexibility index (Phi) is 6.69. The molecule has 1 saturated heterocycles. The minimum absolute atomic E-state index is 0.0369. The third-order valence-electron chi connectivity index (χ3n) is 6.15. The fraction of sp³-hybridized carbons (Fsp3) is 0.346. The van der Waals surface area contributed by atoms with Crippen molar-refractivity contribution in [3.05, 3.63) is 88.2 Å². The molecular formula is C26H30N4O2. The maximum Gasteiger partial charge on any atom is 0.271 e. The second kappa shape index (κ2) is 9.81. The second-order valence-electron chi connectivity index (χ2n) is 8.39. The van der Waals surface area contributed by atoms with Crippen molar-refractivity contribution >= 4 is 11.7 Å². The predicted octanol–water partition coefficient (Wildman–Crippen LogP) is 3.89. The van der Waals surface area contributed by atoms with Crippen LogP contribution in [0, 0.1) is 5.92 Å². The number of benzene rings is 2. The quantitative estimate of drug-likeness (QED) is 0.644. The van der Waals surface area contributed by atoms with E-state index in [1.54, 1.807) is 12.1 Å². The first-order valence-electron chi connectivity index (χ1n) is 11.3. The first-order chi connectivity index (χ1) is 15.5. The van der Waals surface area contributed by atoms with E-state index >= 15 is 0 Å². The number of aromatic nitrogens is 2. The summed E-state index contributed by atoms with van der Waals surface area (Å²) in [6.45, 7) is 5.52. The van der Waals surface area contributed by atoms with Gasteiger partial charge in [0.25, 0.3) is 5.56 Å². The van der Waals surface area contributed by atoms with E-state index in [1.807, 2.05) is 61.5 Å². The molecule has 0 unspecified atom stereocenters. The molecule has 1 fully saturated rings. The molecule has 0 radical (unpaired) electrons. The van der Waals surface area contributed by atoms with E-state index in [4.69, 9.17) is 0 Å². The van der Waals surface area contributed by atoms with E-state index in [-0.39, 0.29) is 23.4 Å². The largest absolute Gasteiger partial charge is 0.354 e. The Balaban J connectivity index is 1.48. The lowest BCUT2D eigenvalue weighted by Crippen LogP contribution is -2.44. The van der Waals surface area contributed by atoms with E-state index in [9.17, 15) is 9.59 Å². The molecule has 1 aliphatic rings. The maximum absolute atomic E-state index is 12.9. The van der Waals surface area contributed by atoms with Crippen molar-refractivity contribution in [2.24, 2.45) is 5.92 Å². The summed E-state index contributed by atoms with van der Waals surface area (Å²) in [5.74, 6) is 0.674. The molecule has 1 aromatic heterocycles. The standard InChI is InChI=1S/C26H30N4O2/c1-3-20-11-13-23(14-12-20)30-25(31)16-15-24(28-30)29-17-7-10-22(18-29)26(32)27-19(2)21-8-5-4-6-9-21/h4-6,8-9,11-16,19,22H,3,7,10,17-18H2,1-2H3,(H,27,32)/t19-,22-/m1/s1. The zero-order chi connectivity index (χ0) is 22.5. The number of nitrogens with one attached hydrogen (secondary N) is 1. The zero-order valence-electron chi connectivity index (χ0n) is 18.7. The molecule has 0 saturated carbocycles. The number of hydrogen-bond donors (Lipinski definition) is 1. The van der Waals surface area contributed by atoms with Gasteiger partial charge in [0.05, 0.1) is 17.6 Å². The summed E-state index contributed by atoms with van der Waals surface area (Å²) in [7, 11) is 0. The molecule has 32 heavy (non-hydrogen) atoms. The van der Waals surface area contributed by atoms with Gasteiger partial charge in [-0.3, -0.25) is 9.59 Å². The fourth-order valence-corrected chi connectivity index (χ4v) is 4.18. The molecule has 0 bridgehead atoms. The van der Waals surface area contributed by atoms with E-state index < -0.39 is 0 Å². The number of rotatable bonds is 6. The van der Waals surface area contributed by atoms with Gasteiger partial charge in [-0.2, -0.15) is 4.68 Å². The van der Waals surface area contributed by atoms with Crippen LogP contribution in [0.25, 0.3) is 5.69 Å². The average Bonchev–Trinajstić information content (AvgIpc) is 2.85. The summed E-state index contributed by atoms with van der Waals surface area (Å²) in [6.07, 6.45) is 2.70. The molecule has 4 rings (SSSR count). The van der Waals surface area contributed by atoms with Crippen molar-refractivity contribution in [1.29, 1.82) is 0 Å². The van der Waals surface area contributed by atoms with E-state index in [1.165, 1.54) is 10.2 Å². The summed E-state index contributed by atoms with van der Waals surface area (Å²) in [6, 6.07) is 21.2. The van der Waals surface area contributed by atoms with Crippen LogP contribution in [-0.4, -0.2) is 28.8 Å². The van der Waals surface area contributed by atoms with Crippen molar-refractivity contribution < 1.29 is 4.79 Å². The molecule has 166 valence electrons. The van der Waals surface area contributed by atoms with Gasteiger partial charge >= 0.3 is 0 Å². The molecule has 3 aromatic rings. The number of amides is 1. The number of anilines is 1. The monoisotopic (exact) mass is 430 g/mol. The van der Waals surface area contributed by atoms with E-state index in [2.05, 4.69) is 22.2 Å². The average molecular weight is 431 g/mol. The van der Waals surface area contributed by atoms with Crippen molar-refractivity contribution in [3.63, 3.8) is 0 Å². The summed E-state index contributed by atoms with van der Waals surface area (Å²) in [5.41, 5.74) is 2.89. The third kappa shape index (κ3) is 4.90. The Morgan fingerprint density at radius 2 is 1.84 bits per heavy atom. The Hall–Kier alpha value is -3.41. The van der Waals surface area contributed by atoms with Crippen LogP contribution in [0.4, 0.5) is 5.82 Å². The maximum atomic E-state index is 12.9. The first kappa shape index (κ1) is 21.8. The highest BCUT2D eigenvalue weighted by Gasteiger charge is 2.27. The van der Waals surface area contributed by atoms with Crippen LogP contribution < -0.4 is 15.8 Å². The van der Waals surface area contributed by atoms with Crippen molar-refractivity contribution in [1.82, 2.24) is 15.1 Å². The molecule has 0 spiro atoms. The highest BCUT2D eigenvalue weighted by molar-refractivity contribution is 5.80. The number of piperidine rings is 1. The van der Waals surface area contributed by atoms with Crippen molar-refractivity contribution in [2.75, 3.05) is 18.0 Å². The summed E-state index contributed by atoms with van der Waals surface area (Å²) in [4.78, 5) is 27.5. The van der Waals surface area contributed by atoms with Crippen molar-refractivity contribution in [2.45, 2.75) is 39.2 Å². The number of carbonyl (C=O) groups excluding carboxylic acids is 1. The Morgan fingerprint density at radius 3 is 2.56 bits per heavy atom. The SMILES string of the molecule is CCc1ccc(-n2nc(N3CCC[C@@H](C(=O)N[C@H](C)c4ccccc4)C3)ccc2=O)cc1. The number of aryl methyl sites for hydroxylation is 1. The summed E-state index contributed by atoms with van der Waals surface area (Å²) < 4.78 is 1.44. The van der Waals surface area contributed by atoms with Crippen LogP contribution in [0.3, 0.4) is 0 Å². The van der Waals surface area contributed by atoms with Crippen molar-refractivity contribution in [3.8, 4) is 5.69 Å². The molecule has 0 aliphatic carbocycles. The lowest BCUT2D eigenvalue weighted by Gasteiger charge is -2.33. The topological polar surface area (TPSA) is 67.2 Å². The lowest BCUT2D eigenvalue weighted by atomic mass is 9.96. The molecule has 1 amide bonds. The van der Waals surface area contributed by atoms with Gasteiger partial charge < -0.3 is 10.2 Å². The van der Waals surface area contributed by atoms with Gasteiger partial charge in [-0.1, -0.05) is 49.4 Å². The smallest absolute Gasteiger partial charge is 0.271 e. The van der Waals surface area contributed by atoms with Crippen LogP contribution >= 0.6 is 0 Å². The van der Waals surface area contributed by atoms with Gasteiger partial charge in [0.2, 0.25) is 5.91 Å². The first-order valence-corrected chi connectivity index (χ1v) is 11.3. The molecule has 2 aromatic carbocycles. The van der Waals surface area contributed by atoms with Crippen LogP contribution in [-0.2, 0) is 11.2 Å². The van der Waals surface area contributed by atoms with Crippen LogP contribution in [0.15, 0.2) is 71.5 Å². The number of carbonyl (C=O) groups is 1. The van der Waals surface area contributed by atoms with Crippen LogP contribution in [0.5, 0.6) is 0 Å². The third-order valence-corrected chi connectivity index (χ3v) is 6.15. The predicted molar refractivity (Wildman–Crippen MR) is 127 cm³/mol. The van der Waals surface area contributed by atoms with Gasteiger partial charge in [-0.25, -0.2) is 0 Å². The number of hydrogen-bond acceptors (Lipinski definition) is 4.